The quantitative estimate of drug-likeness (QED) is 0.603. The number of carboxylic acid groups (broad SMARTS) is 1. The number of thiazole rings is 1. The fourth-order valence-electron chi connectivity index (χ4n) is 0.751. The summed E-state index contributed by atoms with van der Waals surface area (Å²) in [7, 11) is 1.63. The summed E-state index contributed by atoms with van der Waals surface area (Å²) < 4.78 is 1.95. The van der Waals surface area contributed by atoms with Crippen LogP contribution in [0.4, 0.5) is 0 Å². The predicted molar refractivity (Wildman–Crippen MR) is 55.9 cm³/mol. The maximum absolute atomic E-state index is 10.1. The van der Waals surface area contributed by atoms with E-state index in [0.29, 0.717) is 8.83 Å². The fourth-order valence-corrected chi connectivity index (χ4v) is 1.87. The third-order valence-corrected chi connectivity index (χ3v) is 2.92. The zero-order valence-corrected chi connectivity index (χ0v) is 8.93. The molecular formula is C7H8N2O3S2. The SMILES string of the molecule is Cn1c(O)c(C=NCC(=O)O)sc1=S. The second kappa shape index (κ2) is 4.34. The molecule has 0 aromatic carbocycles. The largest absolute Gasteiger partial charge is 0.493 e. The van der Waals surface area contributed by atoms with Gasteiger partial charge in [-0.15, -0.1) is 0 Å². The Hall–Kier alpha value is -1.21. The van der Waals surface area contributed by atoms with Gasteiger partial charge in [-0.25, -0.2) is 0 Å². The number of carboxylic acids is 1. The molecule has 1 aromatic rings. The molecule has 0 aliphatic heterocycles. The fraction of sp³-hybridized carbons (Fsp3) is 0.286. The lowest BCUT2D eigenvalue weighted by molar-refractivity contribution is -0.135. The van der Waals surface area contributed by atoms with Crippen LogP contribution in [0.5, 0.6) is 5.88 Å². The molecule has 0 amide bonds. The van der Waals surface area contributed by atoms with Gasteiger partial charge in [0.25, 0.3) is 0 Å². The van der Waals surface area contributed by atoms with E-state index in [4.69, 9.17) is 17.3 Å². The first-order chi connectivity index (χ1) is 6.52. The molecule has 1 rings (SSSR count). The number of hydrogen-bond donors (Lipinski definition) is 2. The Morgan fingerprint density at radius 2 is 2.43 bits per heavy atom. The van der Waals surface area contributed by atoms with Crippen molar-refractivity contribution in [2.45, 2.75) is 0 Å². The highest BCUT2D eigenvalue weighted by Gasteiger charge is 2.05. The summed E-state index contributed by atoms with van der Waals surface area (Å²) in [5.74, 6) is -1.01. The minimum atomic E-state index is -1.01. The van der Waals surface area contributed by atoms with Crippen molar-refractivity contribution in [2.24, 2.45) is 12.0 Å². The van der Waals surface area contributed by atoms with E-state index < -0.39 is 5.97 Å². The Bertz CT molecular complexity index is 433. The average molecular weight is 232 g/mol. The van der Waals surface area contributed by atoms with Crippen molar-refractivity contribution in [3.8, 4) is 5.88 Å². The van der Waals surface area contributed by atoms with Crippen molar-refractivity contribution in [1.82, 2.24) is 4.57 Å². The van der Waals surface area contributed by atoms with E-state index in [0.717, 1.165) is 0 Å². The zero-order valence-electron chi connectivity index (χ0n) is 7.30. The molecule has 1 aromatic heterocycles. The highest BCUT2D eigenvalue weighted by molar-refractivity contribution is 7.73. The Morgan fingerprint density at radius 1 is 1.79 bits per heavy atom. The normalized spacial score (nSPS) is 10.9. The molecule has 0 fully saturated rings. The molecule has 5 nitrogen and oxygen atoms in total. The Balaban J connectivity index is 2.87. The van der Waals surface area contributed by atoms with Crippen LogP contribution in [0.2, 0.25) is 0 Å². The summed E-state index contributed by atoms with van der Waals surface area (Å²) in [5.41, 5.74) is 0. The van der Waals surface area contributed by atoms with Crippen LogP contribution in [0.25, 0.3) is 0 Å². The van der Waals surface area contributed by atoms with Crippen LogP contribution in [-0.4, -0.2) is 33.5 Å². The number of hydrogen-bond acceptors (Lipinski definition) is 5. The Kier molecular flexibility index (Phi) is 3.37. The average Bonchev–Trinajstić information content (AvgIpc) is 2.33. The number of nitrogens with zero attached hydrogens (tertiary/aromatic N) is 2. The maximum atomic E-state index is 10.1. The number of aliphatic imine (C=N–C) groups is 1. The lowest BCUT2D eigenvalue weighted by atomic mass is 10.5. The van der Waals surface area contributed by atoms with E-state index in [-0.39, 0.29) is 12.4 Å². The maximum Gasteiger partial charge on any atom is 0.325 e. The summed E-state index contributed by atoms with van der Waals surface area (Å²) in [4.78, 5) is 14.2. The van der Waals surface area contributed by atoms with Gasteiger partial charge in [0.15, 0.2) is 3.95 Å². The van der Waals surface area contributed by atoms with Gasteiger partial charge in [-0.2, -0.15) is 0 Å². The summed E-state index contributed by atoms with van der Waals surface area (Å²) in [6.07, 6.45) is 1.31. The molecule has 7 heteroatoms. The van der Waals surface area contributed by atoms with Gasteiger partial charge in [0.1, 0.15) is 11.4 Å². The van der Waals surface area contributed by atoms with Crippen molar-refractivity contribution < 1.29 is 15.0 Å². The zero-order chi connectivity index (χ0) is 10.7. The van der Waals surface area contributed by atoms with Crippen LogP contribution in [0.3, 0.4) is 0 Å². The van der Waals surface area contributed by atoms with Gasteiger partial charge in [0, 0.05) is 13.3 Å². The monoisotopic (exact) mass is 232 g/mol. The molecule has 76 valence electrons. The summed E-state index contributed by atoms with van der Waals surface area (Å²) in [6.45, 7) is -0.312. The lowest BCUT2D eigenvalue weighted by Crippen LogP contribution is -1.99. The van der Waals surface area contributed by atoms with Crippen molar-refractivity contribution in [2.75, 3.05) is 6.54 Å². The first kappa shape index (κ1) is 10.9. The highest BCUT2D eigenvalue weighted by Crippen LogP contribution is 2.22. The first-order valence-electron chi connectivity index (χ1n) is 3.62. The third-order valence-electron chi connectivity index (χ3n) is 1.44. The molecule has 0 bridgehead atoms. The van der Waals surface area contributed by atoms with Gasteiger partial charge in [0.05, 0.1) is 0 Å². The van der Waals surface area contributed by atoms with Crippen LogP contribution < -0.4 is 0 Å². The molecule has 0 aliphatic rings. The molecule has 2 N–H and O–H groups in total. The van der Waals surface area contributed by atoms with Gasteiger partial charge >= 0.3 is 5.97 Å². The lowest BCUT2D eigenvalue weighted by Gasteiger charge is -1.92. The molecular weight excluding hydrogens is 224 g/mol. The van der Waals surface area contributed by atoms with Gasteiger partial charge < -0.3 is 10.2 Å². The molecule has 0 unspecified atom stereocenters. The minimum absolute atomic E-state index is 0.00846. The van der Waals surface area contributed by atoms with E-state index in [1.54, 1.807) is 7.05 Å². The van der Waals surface area contributed by atoms with Gasteiger partial charge in [-0.1, -0.05) is 11.3 Å². The van der Waals surface area contributed by atoms with Crippen LogP contribution in [-0.2, 0) is 11.8 Å². The molecule has 0 saturated heterocycles. The Morgan fingerprint density at radius 3 is 2.86 bits per heavy atom. The highest BCUT2D eigenvalue weighted by atomic mass is 32.1. The van der Waals surface area contributed by atoms with Gasteiger partial charge in [-0.3, -0.25) is 14.4 Å². The molecule has 1 heterocycles. The summed E-state index contributed by atoms with van der Waals surface area (Å²) in [5, 5.41) is 17.8. The molecule has 0 spiro atoms. The minimum Gasteiger partial charge on any atom is -0.493 e. The summed E-state index contributed by atoms with van der Waals surface area (Å²) in [6, 6.07) is 0. The van der Waals surface area contributed by atoms with E-state index in [2.05, 4.69) is 4.99 Å². The van der Waals surface area contributed by atoms with Crippen LogP contribution in [0.15, 0.2) is 4.99 Å². The molecule has 0 aliphatic carbocycles. The second-order valence-electron chi connectivity index (χ2n) is 2.48. The number of rotatable bonds is 3. The first-order valence-corrected chi connectivity index (χ1v) is 4.85. The van der Waals surface area contributed by atoms with Crippen molar-refractivity contribution in [3.05, 3.63) is 8.83 Å². The van der Waals surface area contributed by atoms with Crippen LogP contribution in [0, 0.1) is 3.95 Å². The Labute approximate surface area is 89.0 Å². The predicted octanol–water partition coefficient (Wildman–Crippen LogP) is 1.03. The number of aliphatic carboxylic acids is 1. The standard InChI is InChI=1S/C7H8N2O3S2/c1-9-6(12)4(14-7(9)13)2-8-3-5(10)11/h2,12H,3H2,1H3,(H,10,11). The molecule has 0 saturated carbocycles. The molecule has 0 atom stereocenters. The molecule has 0 radical (unpaired) electrons. The molecule has 14 heavy (non-hydrogen) atoms. The smallest absolute Gasteiger partial charge is 0.325 e. The van der Waals surface area contributed by atoms with Crippen LogP contribution in [0.1, 0.15) is 4.88 Å². The van der Waals surface area contributed by atoms with E-state index >= 15 is 0 Å². The van der Waals surface area contributed by atoms with Crippen LogP contribution >= 0.6 is 23.6 Å². The second-order valence-corrected chi connectivity index (χ2v) is 4.15. The number of aromatic nitrogens is 1. The van der Waals surface area contributed by atoms with Gasteiger partial charge in [-0.05, 0) is 12.2 Å². The van der Waals surface area contributed by atoms with E-state index in [1.165, 1.54) is 22.1 Å². The van der Waals surface area contributed by atoms with Crippen molar-refractivity contribution >= 4 is 35.7 Å². The van der Waals surface area contributed by atoms with Crippen molar-refractivity contribution in [1.29, 1.82) is 0 Å². The summed E-state index contributed by atoms with van der Waals surface area (Å²) >= 11 is 6.09. The number of carbonyl (C=O) groups is 1. The van der Waals surface area contributed by atoms with Crippen molar-refractivity contribution in [3.63, 3.8) is 0 Å². The number of aromatic hydroxyl groups is 1. The van der Waals surface area contributed by atoms with Gasteiger partial charge in [0.2, 0.25) is 5.88 Å². The van der Waals surface area contributed by atoms with E-state index in [1.807, 2.05) is 0 Å². The topological polar surface area (TPSA) is 74.8 Å². The third kappa shape index (κ3) is 2.39. The van der Waals surface area contributed by atoms with E-state index in [9.17, 15) is 9.90 Å².